The highest BCUT2D eigenvalue weighted by Gasteiger charge is 2.13. The number of Topliss-reactive ketones (excluding diaryl/α,β-unsaturated/α-hetero) is 2. The number of benzene rings is 3. The summed E-state index contributed by atoms with van der Waals surface area (Å²) in [5.74, 6) is -0.0272. The Balaban J connectivity index is 1.10. The topological polar surface area (TPSA) is 89.4 Å². The molecule has 2 heterocycles. The first-order valence-electron chi connectivity index (χ1n) is 13.9. The molecule has 3 aromatic carbocycles. The molecule has 2 N–H and O–H groups in total. The highest BCUT2D eigenvalue weighted by atomic mass is 16.1. The second-order valence-electron chi connectivity index (χ2n) is 10.0. The Kier molecular flexibility index (Phi) is 9.45. The number of carbonyl (C=O) groups is 2. The fourth-order valence-electron chi connectivity index (χ4n) is 4.93. The molecule has 0 spiro atoms. The van der Waals surface area contributed by atoms with Crippen LogP contribution in [0.15, 0.2) is 82.8 Å². The monoisotopic (exact) mass is 536 g/mol. The van der Waals surface area contributed by atoms with E-state index in [2.05, 4.69) is 30.4 Å². The lowest BCUT2D eigenvalue weighted by atomic mass is 10.1. The van der Waals surface area contributed by atoms with Crippen LogP contribution in [-0.2, 0) is 0 Å². The standard InChI is InChI=1S/C32H36N6O2/c39-31(27-4-8-29(9-5-27)37-16-12-33-13-17-37)23-35-21-25-2-1-3-26(20-25)22-36-24-32(40)28-6-10-30(11-7-28)38-18-14-34-15-19-38/h1-11,20-22,33-34H,12-19,23-24H2. The van der Waals surface area contributed by atoms with Crippen molar-refractivity contribution < 1.29 is 9.59 Å². The molecule has 3 aromatic rings. The third-order valence-corrected chi connectivity index (χ3v) is 7.20. The van der Waals surface area contributed by atoms with Crippen molar-refractivity contribution in [3.05, 3.63) is 95.1 Å². The zero-order valence-corrected chi connectivity index (χ0v) is 22.8. The van der Waals surface area contributed by atoms with Crippen LogP contribution in [0.1, 0.15) is 31.8 Å². The molecule has 206 valence electrons. The molecule has 2 aliphatic heterocycles. The van der Waals surface area contributed by atoms with E-state index in [1.807, 2.05) is 72.8 Å². The second-order valence-corrected chi connectivity index (χ2v) is 10.0. The summed E-state index contributed by atoms with van der Waals surface area (Å²) in [6, 6.07) is 23.3. The quantitative estimate of drug-likeness (QED) is 0.306. The highest BCUT2D eigenvalue weighted by molar-refractivity contribution is 6.00. The van der Waals surface area contributed by atoms with E-state index in [9.17, 15) is 9.59 Å². The Labute approximate surface area is 235 Å². The summed E-state index contributed by atoms with van der Waals surface area (Å²) in [4.78, 5) is 38.6. The summed E-state index contributed by atoms with van der Waals surface area (Å²) in [6.07, 6.45) is 3.41. The number of hydrogen-bond donors (Lipinski definition) is 2. The molecule has 8 heteroatoms. The number of rotatable bonds is 10. The van der Waals surface area contributed by atoms with Gasteiger partial charge in [0, 0.05) is 87.3 Å². The van der Waals surface area contributed by atoms with Gasteiger partial charge < -0.3 is 20.4 Å². The van der Waals surface area contributed by atoms with Gasteiger partial charge >= 0.3 is 0 Å². The maximum Gasteiger partial charge on any atom is 0.184 e. The van der Waals surface area contributed by atoms with Gasteiger partial charge in [0.1, 0.15) is 13.1 Å². The Hall–Kier alpha value is -4.14. The Morgan fingerprint density at radius 3 is 1.43 bits per heavy atom. The summed E-state index contributed by atoms with van der Waals surface area (Å²) in [6.45, 7) is 8.00. The number of nitrogens with zero attached hydrogens (tertiary/aromatic N) is 4. The van der Waals surface area contributed by atoms with Gasteiger partial charge in [0.25, 0.3) is 0 Å². The number of piperazine rings is 2. The number of ketones is 2. The Morgan fingerprint density at radius 2 is 1.02 bits per heavy atom. The molecule has 0 radical (unpaired) electrons. The van der Waals surface area contributed by atoms with Gasteiger partial charge in [-0.25, -0.2) is 0 Å². The maximum absolute atomic E-state index is 12.6. The van der Waals surface area contributed by atoms with Gasteiger partial charge in [-0.3, -0.25) is 19.6 Å². The minimum absolute atomic E-state index is 0.0136. The summed E-state index contributed by atoms with van der Waals surface area (Å²) in [5, 5.41) is 6.70. The number of anilines is 2. The van der Waals surface area contributed by atoms with Crippen LogP contribution in [0.3, 0.4) is 0 Å². The average Bonchev–Trinajstić information content (AvgIpc) is 3.02. The summed E-state index contributed by atoms with van der Waals surface area (Å²) >= 11 is 0. The molecule has 5 rings (SSSR count). The average molecular weight is 537 g/mol. The molecule has 0 bridgehead atoms. The first kappa shape index (κ1) is 27.4. The predicted octanol–water partition coefficient (Wildman–Crippen LogP) is 3.11. The molecule has 0 unspecified atom stereocenters. The van der Waals surface area contributed by atoms with Crippen LogP contribution in [0.25, 0.3) is 0 Å². The van der Waals surface area contributed by atoms with E-state index in [4.69, 9.17) is 0 Å². The van der Waals surface area contributed by atoms with E-state index in [0.29, 0.717) is 11.1 Å². The van der Waals surface area contributed by atoms with Gasteiger partial charge in [-0.1, -0.05) is 18.2 Å². The molecule has 2 aliphatic rings. The van der Waals surface area contributed by atoms with Crippen molar-refractivity contribution in [3.8, 4) is 0 Å². The number of aliphatic imine (C=N–C) groups is 2. The molecule has 0 amide bonds. The zero-order chi connectivity index (χ0) is 27.6. The third-order valence-electron chi connectivity index (χ3n) is 7.20. The summed E-state index contributed by atoms with van der Waals surface area (Å²) in [7, 11) is 0. The van der Waals surface area contributed by atoms with Crippen molar-refractivity contribution in [3.63, 3.8) is 0 Å². The molecule has 0 atom stereocenters. The molecule has 8 nitrogen and oxygen atoms in total. The van der Waals surface area contributed by atoms with E-state index in [1.54, 1.807) is 12.4 Å². The van der Waals surface area contributed by atoms with Crippen molar-refractivity contribution in [1.82, 2.24) is 10.6 Å². The first-order chi connectivity index (χ1) is 19.7. The predicted molar refractivity (Wildman–Crippen MR) is 163 cm³/mol. The SMILES string of the molecule is O=C(CN=Cc1cccc(C=NCC(=O)c2ccc(N3CCNCC3)cc2)c1)c1ccc(N2CCNCC2)cc1. The molecule has 0 saturated carbocycles. The van der Waals surface area contributed by atoms with Gasteiger partial charge in [0.2, 0.25) is 0 Å². The molecule has 0 aliphatic carbocycles. The molecule has 0 aromatic heterocycles. The fraction of sp³-hybridized carbons (Fsp3) is 0.312. The first-order valence-corrected chi connectivity index (χ1v) is 13.9. The molecule has 2 fully saturated rings. The van der Waals surface area contributed by atoms with Crippen LogP contribution >= 0.6 is 0 Å². The third kappa shape index (κ3) is 7.49. The van der Waals surface area contributed by atoms with Crippen LogP contribution in [0, 0.1) is 0 Å². The minimum Gasteiger partial charge on any atom is -0.369 e. The number of hydrogen-bond acceptors (Lipinski definition) is 8. The largest absolute Gasteiger partial charge is 0.369 e. The van der Waals surface area contributed by atoms with Gasteiger partial charge in [0.15, 0.2) is 11.6 Å². The van der Waals surface area contributed by atoms with E-state index < -0.39 is 0 Å². The van der Waals surface area contributed by atoms with Crippen molar-refractivity contribution in [1.29, 1.82) is 0 Å². The fourth-order valence-corrected chi connectivity index (χ4v) is 4.93. The number of carbonyl (C=O) groups excluding carboxylic acids is 2. The van der Waals surface area contributed by atoms with Gasteiger partial charge in [0.05, 0.1) is 0 Å². The molecular weight excluding hydrogens is 500 g/mol. The summed E-state index contributed by atoms with van der Waals surface area (Å²) in [5.41, 5.74) is 5.37. The smallest absolute Gasteiger partial charge is 0.184 e. The van der Waals surface area contributed by atoms with Crippen molar-refractivity contribution >= 4 is 35.4 Å². The van der Waals surface area contributed by atoms with Crippen LogP contribution < -0.4 is 20.4 Å². The van der Waals surface area contributed by atoms with E-state index >= 15 is 0 Å². The zero-order valence-electron chi connectivity index (χ0n) is 22.8. The lowest BCUT2D eigenvalue weighted by molar-refractivity contribution is 0.0994. The van der Waals surface area contributed by atoms with E-state index in [0.717, 1.165) is 74.9 Å². The normalized spacial score (nSPS) is 16.1. The Bertz CT molecular complexity index is 1240. The van der Waals surface area contributed by atoms with Gasteiger partial charge in [-0.2, -0.15) is 0 Å². The van der Waals surface area contributed by atoms with Crippen LogP contribution in [0.2, 0.25) is 0 Å². The number of nitrogens with one attached hydrogen (secondary N) is 2. The molecule has 40 heavy (non-hydrogen) atoms. The van der Waals surface area contributed by atoms with Crippen LogP contribution in [-0.4, -0.2) is 89.4 Å². The second kappa shape index (κ2) is 13.8. The van der Waals surface area contributed by atoms with Crippen LogP contribution in [0.4, 0.5) is 11.4 Å². The maximum atomic E-state index is 12.6. The van der Waals surface area contributed by atoms with E-state index in [1.165, 1.54) is 0 Å². The summed E-state index contributed by atoms with van der Waals surface area (Å²) < 4.78 is 0. The lowest BCUT2D eigenvalue weighted by Crippen LogP contribution is -2.43. The molecular formula is C32H36N6O2. The Morgan fingerprint density at radius 1 is 0.625 bits per heavy atom. The molecule has 2 saturated heterocycles. The van der Waals surface area contributed by atoms with Crippen LogP contribution in [0.5, 0.6) is 0 Å². The van der Waals surface area contributed by atoms with Gasteiger partial charge in [-0.05, 0) is 65.7 Å². The minimum atomic E-state index is -0.0136. The van der Waals surface area contributed by atoms with Crippen molar-refractivity contribution in [2.45, 2.75) is 0 Å². The van der Waals surface area contributed by atoms with E-state index in [-0.39, 0.29) is 24.7 Å². The van der Waals surface area contributed by atoms with Gasteiger partial charge in [-0.15, -0.1) is 0 Å². The lowest BCUT2D eigenvalue weighted by Gasteiger charge is -2.29. The highest BCUT2D eigenvalue weighted by Crippen LogP contribution is 2.17. The van der Waals surface area contributed by atoms with Crippen molar-refractivity contribution in [2.75, 3.05) is 75.2 Å². The van der Waals surface area contributed by atoms with Crippen molar-refractivity contribution in [2.24, 2.45) is 9.98 Å².